The van der Waals surface area contributed by atoms with Gasteiger partial charge in [-0.1, -0.05) is 18.2 Å². The molecule has 0 radical (unpaired) electrons. The first-order valence-electron chi connectivity index (χ1n) is 7.99. The fourth-order valence-corrected chi connectivity index (χ4v) is 2.37. The molecule has 0 aliphatic carbocycles. The standard InChI is InChI=1S/C18H25NO6S/c1-17(2,3)15(21)23-11-24-16(22)26-18(4,5)13(19)14(20)25-12-9-7-6-8-10-12/h6-10,13H,11,19H2,1-5H3/t13-/m0/s1. The normalized spacial score (nSPS) is 12.8. The summed E-state index contributed by atoms with van der Waals surface area (Å²) in [6, 6.07) is 7.43. The lowest BCUT2D eigenvalue weighted by molar-refractivity contribution is -0.160. The molecule has 1 aromatic rings. The van der Waals surface area contributed by atoms with E-state index < -0.39 is 40.2 Å². The van der Waals surface area contributed by atoms with Gasteiger partial charge in [-0.3, -0.25) is 4.79 Å². The van der Waals surface area contributed by atoms with Gasteiger partial charge < -0.3 is 19.9 Å². The highest BCUT2D eigenvalue weighted by atomic mass is 32.2. The van der Waals surface area contributed by atoms with Crippen LogP contribution < -0.4 is 10.5 Å². The molecule has 1 rings (SSSR count). The molecule has 2 N–H and O–H groups in total. The van der Waals surface area contributed by atoms with Gasteiger partial charge in [0.15, 0.2) is 0 Å². The van der Waals surface area contributed by atoms with Crippen LogP contribution in [0.15, 0.2) is 30.3 Å². The number of hydrogen-bond acceptors (Lipinski definition) is 8. The molecular formula is C18H25NO6S. The average molecular weight is 383 g/mol. The molecule has 0 saturated carbocycles. The van der Waals surface area contributed by atoms with Crippen molar-refractivity contribution in [2.75, 3.05) is 6.79 Å². The van der Waals surface area contributed by atoms with Gasteiger partial charge >= 0.3 is 17.2 Å². The zero-order valence-electron chi connectivity index (χ0n) is 15.6. The van der Waals surface area contributed by atoms with E-state index in [2.05, 4.69) is 0 Å². The van der Waals surface area contributed by atoms with E-state index in [1.54, 1.807) is 65.0 Å². The van der Waals surface area contributed by atoms with Gasteiger partial charge in [0.2, 0.25) is 6.79 Å². The highest BCUT2D eigenvalue weighted by molar-refractivity contribution is 8.14. The second-order valence-electron chi connectivity index (χ2n) is 7.11. The quantitative estimate of drug-likeness (QED) is 0.454. The van der Waals surface area contributed by atoms with Crippen LogP contribution in [-0.2, 0) is 19.1 Å². The molecule has 0 bridgehead atoms. The third-order valence-corrected chi connectivity index (χ3v) is 4.35. The van der Waals surface area contributed by atoms with Crippen molar-refractivity contribution in [3.05, 3.63) is 30.3 Å². The Balaban J connectivity index is 2.51. The van der Waals surface area contributed by atoms with Crippen molar-refractivity contribution in [2.24, 2.45) is 11.1 Å². The Kier molecular flexibility index (Phi) is 7.65. The highest BCUT2D eigenvalue weighted by Gasteiger charge is 2.37. The SMILES string of the molecule is CC(C)(C)C(=O)OCOC(=O)SC(C)(C)[C@@H](N)C(=O)Oc1ccccc1. The monoisotopic (exact) mass is 383 g/mol. The van der Waals surface area contributed by atoms with Gasteiger partial charge in [0.05, 0.1) is 5.41 Å². The van der Waals surface area contributed by atoms with Gasteiger partial charge in [0, 0.05) is 4.75 Å². The number of benzene rings is 1. The summed E-state index contributed by atoms with van der Waals surface area (Å²) in [7, 11) is 0. The van der Waals surface area contributed by atoms with E-state index in [-0.39, 0.29) is 0 Å². The van der Waals surface area contributed by atoms with Crippen LogP contribution in [0.25, 0.3) is 0 Å². The molecule has 26 heavy (non-hydrogen) atoms. The van der Waals surface area contributed by atoms with Crippen molar-refractivity contribution in [1.29, 1.82) is 0 Å². The molecule has 0 heterocycles. The summed E-state index contributed by atoms with van der Waals surface area (Å²) in [5.41, 5.74) is 5.24. The maximum Gasteiger partial charge on any atom is 0.370 e. The molecule has 8 heteroatoms. The predicted molar refractivity (Wildman–Crippen MR) is 98.6 cm³/mol. The molecule has 0 unspecified atom stereocenters. The van der Waals surface area contributed by atoms with Crippen LogP contribution in [-0.4, -0.2) is 34.8 Å². The van der Waals surface area contributed by atoms with Crippen LogP contribution in [0.5, 0.6) is 5.75 Å². The van der Waals surface area contributed by atoms with E-state index in [1.165, 1.54) is 0 Å². The third kappa shape index (κ3) is 7.05. The minimum absolute atomic E-state index is 0.366. The number of rotatable bonds is 6. The molecule has 7 nitrogen and oxygen atoms in total. The van der Waals surface area contributed by atoms with Crippen molar-refractivity contribution in [3.8, 4) is 5.75 Å². The van der Waals surface area contributed by atoms with Crippen LogP contribution in [0, 0.1) is 5.41 Å². The van der Waals surface area contributed by atoms with E-state index in [4.69, 9.17) is 19.9 Å². The minimum Gasteiger partial charge on any atom is -0.427 e. The average Bonchev–Trinajstić information content (AvgIpc) is 2.53. The molecule has 0 saturated heterocycles. The molecule has 0 fully saturated rings. The lowest BCUT2D eigenvalue weighted by Gasteiger charge is -2.27. The van der Waals surface area contributed by atoms with E-state index in [0.717, 1.165) is 11.8 Å². The summed E-state index contributed by atoms with van der Waals surface area (Å²) in [5.74, 6) is -0.788. The van der Waals surface area contributed by atoms with Gasteiger partial charge in [-0.15, -0.1) is 0 Å². The first-order valence-corrected chi connectivity index (χ1v) is 8.80. The predicted octanol–water partition coefficient (Wildman–Crippen LogP) is 3.11. The number of carbonyl (C=O) groups excluding carboxylic acids is 3. The summed E-state index contributed by atoms with van der Waals surface area (Å²) in [5, 5.41) is -0.709. The summed E-state index contributed by atoms with van der Waals surface area (Å²) >= 11 is 0.730. The number of ether oxygens (including phenoxy) is 3. The minimum atomic E-state index is -1.07. The van der Waals surface area contributed by atoms with Crippen molar-refractivity contribution < 1.29 is 28.6 Å². The number of hydrogen-bond donors (Lipinski definition) is 1. The third-order valence-electron chi connectivity index (χ3n) is 3.29. The molecule has 0 aromatic heterocycles. The van der Waals surface area contributed by atoms with E-state index >= 15 is 0 Å². The van der Waals surface area contributed by atoms with Crippen molar-refractivity contribution in [1.82, 2.24) is 0 Å². The Morgan fingerprint density at radius 3 is 2.15 bits per heavy atom. The zero-order valence-corrected chi connectivity index (χ0v) is 16.4. The zero-order chi connectivity index (χ0) is 20.0. The van der Waals surface area contributed by atoms with E-state index in [9.17, 15) is 14.4 Å². The van der Waals surface area contributed by atoms with Crippen LogP contribution in [0.3, 0.4) is 0 Å². The Morgan fingerprint density at radius 2 is 1.62 bits per heavy atom. The van der Waals surface area contributed by atoms with Gasteiger partial charge in [-0.2, -0.15) is 0 Å². The summed E-state index contributed by atoms with van der Waals surface area (Å²) < 4.78 is 13.9. The van der Waals surface area contributed by atoms with Crippen molar-refractivity contribution in [3.63, 3.8) is 0 Å². The summed E-state index contributed by atoms with van der Waals surface area (Å²) in [6.07, 6.45) is 0. The Hall–Kier alpha value is -2.06. The van der Waals surface area contributed by atoms with E-state index in [0.29, 0.717) is 5.75 Å². The summed E-state index contributed by atoms with van der Waals surface area (Å²) in [4.78, 5) is 35.7. The lowest BCUT2D eigenvalue weighted by Crippen LogP contribution is -2.49. The molecule has 0 amide bonds. The molecule has 0 aliphatic rings. The molecule has 0 aliphatic heterocycles. The van der Waals surface area contributed by atoms with Gasteiger partial charge in [-0.05, 0) is 58.5 Å². The largest absolute Gasteiger partial charge is 0.427 e. The molecular weight excluding hydrogens is 358 g/mol. The number of para-hydroxylation sites is 1. The second kappa shape index (κ2) is 9.05. The second-order valence-corrected chi connectivity index (χ2v) is 8.70. The van der Waals surface area contributed by atoms with Gasteiger partial charge in [-0.25, -0.2) is 9.59 Å². The van der Waals surface area contributed by atoms with Crippen LogP contribution in [0.2, 0.25) is 0 Å². The fourth-order valence-electron chi connectivity index (χ4n) is 1.61. The Labute approximate surface area is 157 Å². The van der Waals surface area contributed by atoms with Gasteiger partial charge in [0.1, 0.15) is 11.8 Å². The number of thioether (sulfide) groups is 1. The smallest absolute Gasteiger partial charge is 0.370 e. The fraction of sp³-hybridized carbons (Fsp3) is 0.500. The molecule has 144 valence electrons. The number of carbonyl (C=O) groups is 3. The van der Waals surface area contributed by atoms with Gasteiger partial charge in [0.25, 0.3) is 0 Å². The first kappa shape index (κ1) is 22.0. The highest BCUT2D eigenvalue weighted by Crippen LogP contribution is 2.30. The maximum atomic E-state index is 12.2. The van der Waals surface area contributed by atoms with Crippen molar-refractivity contribution in [2.45, 2.75) is 45.4 Å². The number of esters is 2. The molecule has 0 spiro atoms. The van der Waals surface area contributed by atoms with Crippen LogP contribution in [0.4, 0.5) is 4.79 Å². The molecule has 1 atom stereocenters. The topological polar surface area (TPSA) is 105 Å². The number of nitrogens with two attached hydrogens (primary N) is 1. The first-order chi connectivity index (χ1) is 11.9. The van der Waals surface area contributed by atoms with E-state index in [1.807, 2.05) is 0 Å². The van der Waals surface area contributed by atoms with Crippen LogP contribution >= 0.6 is 11.8 Å². The Bertz CT molecular complexity index is 639. The van der Waals surface area contributed by atoms with Crippen molar-refractivity contribution >= 4 is 29.0 Å². The van der Waals surface area contributed by atoms with Crippen LogP contribution in [0.1, 0.15) is 34.6 Å². The Morgan fingerprint density at radius 1 is 1.04 bits per heavy atom. The maximum absolute atomic E-state index is 12.2. The lowest BCUT2D eigenvalue weighted by atomic mass is 9.98. The molecule has 1 aromatic carbocycles. The summed E-state index contributed by atoms with van der Waals surface area (Å²) in [6.45, 7) is 7.81.